The molecule has 0 spiro atoms. The van der Waals surface area contributed by atoms with Gasteiger partial charge in [0, 0.05) is 20.6 Å². The maximum atomic E-state index is 13.2. The predicted octanol–water partition coefficient (Wildman–Crippen LogP) is 3.84. The topological polar surface area (TPSA) is 85.2 Å². The number of aromatic nitrogens is 4. The number of carbonyl (C=O) groups is 1. The van der Waals surface area contributed by atoms with E-state index in [1.54, 1.807) is 29.4 Å². The van der Waals surface area contributed by atoms with Crippen LogP contribution in [0.1, 0.15) is 29.5 Å². The van der Waals surface area contributed by atoms with E-state index in [0.29, 0.717) is 30.5 Å². The number of fused-ring (bicyclic) bond motifs is 1. The molecular formula is C25H29N7O. The van der Waals surface area contributed by atoms with Crippen molar-refractivity contribution >= 4 is 23.1 Å². The molecule has 0 saturated heterocycles. The number of aryl methyl sites for hydroxylation is 2. The number of hydrogen-bond acceptors (Lipinski definition) is 4. The number of nitrogens with zero attached hydrogens (tertiary/aromatic N) is 6. The molecule has 0 unspecified atom stereocenters. The summed E-state index contributed by atoms with van der Waals surface area (Å²) in [5, 5.41) is 4.98. The summed E-state index contributed by atoms with van der Waals surface area (Å²) in [7, 11) is 3.73. The van der Waals surface area contributed by atoms with Crippen LogP contribution in [0.2, 0.25) is 0 Å². The number of carbonyl (C=O) groups excluding carboxylic acids is 1. The molecule has 8 nitrogen and oxygen atoms in total. The lowest BCUT2D eigenvalue weighted by molar-refractivity contribution is 0.229. The maximum Gasteiger partial charge on any atom is 0.329 e. The molecule has 0 atom stereocenters. The summed E-state index contributed by atoms with van der Waals surface area (Å²) in [6.07, 6.45) is 7.51. The van der Waals surface area contributed by atoms with Crippen molar-refractivity contribution in [1.29, 1.82) is 0 Å². The van der Waals surface area contributed by atoms with Crippen LogP contribution in [-0.4, -0.2) is 43.9 Å². The minimum absolute atomic E-state index is 0.0890. The zero-order chi connectivity index (χ0) is 23.3. The molecule has 5 rings (SSSR count). The van der Waals surface area contributed by atoms with Gasteiger partial charge in [-0.25, -0.2) is 9.78 Å². The molecule has 1 aliphatic carbocycles. The summed E-state index contributed by atoms with van der Waals surface area (Å²) in [5.74, 6) is 1.19. The molecule has 1 aliphatic heterocycles. The Labute approximate surface area is 193 Å². The molecule has 3 aromatic rings. The summed E-state index contributed by atoms with van der Waals surface area (Å²) in [4.78, 5) is 20.9. The molecule has 8 heteroatoms. The monoisotopic (exact) mass is 443 g/mol. The Morgan fingerprint density at radius 3 is 2.73 bits per heavy atom. The van der Waals surface area contributed by atoms with Gasteiger partial charge in [-0.15, -0.1) is 0 Å². The van der Waals surface area contributed by atoms with Gasteiger partial charge >= 0.3 is 6.03 Å². The van der Waals surface area contributed by atoms with Crippen LogP contribution >= 0.6 is 0 Å². The Hall–Kier alpha value is -3.81. The van der Waals surface area contributed by atoms with Gasteiger partial charge in [0.2, 0.25) is 0 Å². The lowest BCUT2D eigenvalue weighted by Gasteiger charge is -2.33. The number of hydrogen-bond donors (Lipinski definition) is 1. The molecule has 3 heterocycles. The largest absolute Gasteiger partial charge is 0.404 e. The average Bonchev–Trinajstić information content (AvgIpc) is 3.41. The van der Waals surface area contributed by atoms with Crippen LogP contribution < -0.4 is 10.6 Å². The van der Waals surface area contributed by atoms with Crippen LogP contribution in [0.4, 0.5) is 10.6 Å². The van der Waals surface area contributed by atoms with Gasteiger partial charge in [-0.1, -0.05) is 36.4 Å². The highest BCUT2D eigenvalue weighted by atomic mass is 16.2. The Kier molecular flexibility index (Phi) is 5.08. The van der Waals surface area contributed by atoms with Gasteiger partial charge in [0.1, 0.15) is 0 Å². The third-order valence-corrected chi connectivity index (χ3v) is 6.51. The number of urea groups is 1. The molecule has 1 fully saturated rings. The quantitative estimate of drug-likeness (QED) is 0.627. The normalized spacial score (nSPS) is 16.5. The molecule has 33 heavy (non-hydrogen) atoms. The Morgan fingerprint density at radius 2 is 2.09 bits per heavy atom. The molecule has 2 aromatic heterocycles. The van der Waals surface area contributed by atoms with Crippen molar-refractivity contribution in [2.24, 2.45) is 18.7 Å². The standard InChI is InChI=1S/C25H29N7O/c1-16-6-5-7-19(10-16)20(11-26)14-32-23(21-12-27-15-29(21)3)22-17(2)30(4)25(33)31(24(22)28-32)13-18-8-9-18/h5-7,10-12,15,18H,2,8-9,13-14,26H2,1,3-4H3/b20-11-. The van der Waals surface area contributed by atoms with Crippen LogP contribution in [0, 0.1) is 12.8 Å². The highest BCUT2D eigenvalue weighted by Crippen LogP contribution is 2.43. The van der Waals surface area contributed by atoms with Crippen molar-refractivity contribution in [3.05, 3.63) is 66.3 Å². The third-order valence-electron chi connectivity index (χ3n) is 6.51. The van der Waals surface area contributed by atoms with E-state index in [0.717, 1.165) is 46.5 Å². The summed E-state index contributed by atoms with van der Waals surface area (Å²) in [6.45, 7) is 7.44. The van der Waals surface area contributed by atoms with Crippen molar-refractivity contribution in [2.75, 3.05) is 18.5 Å². The highest BCUT2D eigenvalue weighted by molar-refractivity contribution is 6.05. The van der Waals surface area contributed by atoms with Gasteiger partial charge in [-0.05, 0) is 43.0 Å². The van der Waals surface area contributed by atoms with E-state index in [9.17, 15) is 4.79 Å². The first-order valence-corrected chi connectivity index (χ1v) is 11.2. The Bertz CT molecular complexity index is 1280. The SMILES string of the molecule is C=C1c2c(nn(C/C(=C/N)c3cccc(C)c3)c2-c2cncn2C)N(CC2CC2)C(=O)N1C. The fraction of sp³-hybridized carbons (Fsp3) is 0.320. The first-order valence-electron chi connectivity index (χ1n) is 11.2. The zero-order valence-electron chi connectivity index (χ0n) is 19.3. The van der Waals surface area contributed by atoms with Crippen LogP contribution in [-0.2, 0) is 13.6 Å². The second-order valence-electron chi connectivity index (χ2n) is 9.00. The molecule has 170 valence electrons. The summed E-state index contributed by atoms with van der Waals surface area (Å²) >= 11 is 0. The smallest absolute Gasteiger partial charge is 0.329 e. The second kappa shape index (κ2) is 7.95. The number of allylic oxidation sites excluding steroid dienone is 1. The van der Waals surface area contributed by atoms with E-state index in [1.165, 1.54) is 0 Å². The first kappa shape index (κ1) is 21.1. The molecule has 2 aliphatic rings. The lowest BCUT2D eigenvalue weighted by atomic mass is 10.0. The fourth-order valence-electron chi connectivity index (χ4n) is 4.39. The molecule has 1 aromatic carbocycles. The minimum atomic E-state index is -0.0890. The van der Waals surface area contributed by atoms with Crippen LogP contribution in [0.3, 0.4) is 0 Å². The first-order chi connectivity index (χ1) is 15.9. The molecule has 2 amide bonds. The van der Waals surface area contributed by atoms with Crippen LogP contribution in [0.5, 0.6) is 0 Å². The van der Waals surface area contributed by atoms with Crippen molar-refractivity contribution in [1.82, 2.24) is 24.2 Å². The molecular weight excluding hydrogens is 414 g/mol. The number of anilines is 1. The summed E-state index contributed by atoms with van der Waals surface area (Å²) in [6, 6.07) is 8.16. The van der Waals surface area contributed by atoms with Gasteiger partial charge in [0.25, 0.3) is 0 Å². The molecule has 0 radical (unpaired) electrons. The van der Waals surface area contributed by atoms with E-state index in [2.05, 4.69) is 36.7 Å². The Morgan fingerprint density at radius 1 is 1.30 bits per heavy atom. The van der Waals surface area contributed by atoms with E-state index >= 15 is 0 Å². The van der Waals surface area contributed by atoms with Gasteiger partial charge in [0.05, 0.1) is 41.7 Å². The van der Waals surface area contributed by atoms with Gasteiger partial charge in [-0.2, -0.15) is 5.10 Å². The van der Waals surface area contributed by atoms with Crippen molar-refractivity contribution in [3.8, 4) is 11.4 Å². The van der Waals surface area contributed by atoms with Crippen molar-refractivity contribution < 1.29 is 4.79 Å². The number of rotatable bonds is 6. The maximum absolute atomic E-state index is 13.2. The summed E-state index contributed by atoms with van der Waals surface area (Å²) in [5.41, 5.74) is 12.5. The van der Waals surface area contributed by atoms with E-state index in [1.807, 2.05) is 28.6 Å². The summed E-state index contributed by atoms with van der Waals surface area (Å²) < 4.78 is 3.89. The number of amides is 2. The minimum Gasteiger partial charge on any atom is -0.404 e. The van der Waals surface area contributed by atoms with Gasteiger partial charge in [0.15, 0.2) is 5.82 Å². The second-order valence-corrected chi connectivity index (χ2v) is 9.00. The van der Waals surface area contributed by atoms with Gasteiger partial charge in [-0.3, -0.25) is 14.5 Å². The van der Waals surface area contributed by atoms with Crippen molar-refractivity contribution in [3.63, 3.8) is 0 Å². The zero-order valence-corrected chi connectivity index (χ0v) is 19.3. The lowest BCUT2D eigenvalue weighted by Crippen LogP contribution is -2.45. The Balaban J connectivity index is 1.67. The molecule has 1 saturated carbocycles. The average molecular weight is 444 g/mol. The molecule has 2 N–H and O–H groups in total. The van der Waals surface area contributed by atoms with E-state index in [4.69, 9.17) is 10.8 Å². The van der Waals surface area contributed by atoms with E-state index < -0.39 is 0 Å². The van der Waals surface area contributed by atoms with Gasteiger partial charge < -0.3 is 10.3 Å². The number of benzene rings is 1. The third kappa shape index (κ3) is 3.61. The van der Waals surface area contributed by atoms with Crippen LogP contribution in [0.15, 0.2) is 49.6 Å². The molecule has 0 bridgehead atoms. The fourth-order valence-corrected chi connectivity index (χ4v) is 4.39. The number of nitrogens with two attached hydrogens (primary N) is 1. The van der Waals surface area contributed by atoms with Crippen molar-refractivity contribution in [2.45, 2.75) is 26.3 Å². The highest BCUT2D eigenvalue weighted by Gasteiger charge is 2.40. The van der Waals surface area contributed by atoms with Crippen LogP contribution in [0.25, 0.3) is 22.7 Å². The number of imidazole rings is 1. The van der Waals surface area contributed by atoms with E-state index in [-0.39, 0.29) is 6.03 Å². The predicted molar refractivity (Wildman–Crippen MR) is 130 cm³/mol.